The SMILES string of the molecule is C=C.CC/C(=C\C=C1\CCC(=O)NC1)OCCCCNCCN(CC)/C(C)=C/C=C\C=C(/C)Cl. The van der Waals surface area contributed by atoms with E-state index in [9.17, 15) is 4.79 Å². The quantitative estimate of drug-likeness (QED) is 0.123. The number of ether oxygens (including phenoxy) is 1. The van der Waals surface area contributed by atoms with Gasteiger partial charge in [0.1, 0.15) is 0 Å². The third kappa shape index (κ3) is 16.4. The summed E-state index contributed by atoms with van der Waals surface area (Å²) in [5.41, 5.74) is 2.51. The van der Waals surface area contributed by atoms with Crippen LogP contribution in [0.15, 0.2) is 71.7 Å². The number of piperidine rings is 1. The van der Waals surface area contributed by atoms with Gasteiger partial charge in [-0.05, 0) is 64.8 Å². The molecule has 0 aromatic heterocycles. The first kappa shape index (κ1) is 31.8. The molecule has 0 saturated carbocycles. The second kappa shape index (κ2) is 21.3. The summed E-state index contributed by atoms with van der Waals surface area (Å²) in [7, 11) is 0. The highest BCUT2D eigenvalue weighted by atomic mass is 35.5. The van der Waals surface area contributed by atoms with E-state index in [0.717, 1.165) is 69.3 Å². The number of carbonyl (C=O) groups excluding carboxylic acids is 1. The molecule has 0 bridgehead atoms. The minimum absolute atomic E-state index is 0.142. The summed E-state index contributed by atoms with van der Waals surface area (Å²) in [6.07, 6.45) is 16.6. The van der Waals surface area contributed by atoms with Crippen LogP contribution < -0.4 is 10.6 Å². The fourth-order valence-electron chi connectivity index (χ4n) is 3.25. The fraction of sp³-hybridized carbons (Fsp3) is 0.536. The van der Waals surface area contributed by atoms with Gasteiger partial charge in [-0.2, -0.15) is 0 Å². The minimum Gasteiger partial charge on any atom is -0.498 e. The van der Waals surface area contributed by atoms with E-state index >= 15 is 0 Å². The van der Waals surface area contributed by atoms with E-state index in [0.29, 0.717) is 13.0 Å². The Kier molecular flexibility index (Phi) is 19.9. The van der Waals surface area contributed by atoms with Crippen molar-refractivity contribution < 1.29 is 9.53 Å². The third-order valence-corrected chi connectivity index (χ3v) is 5.41. The first-order valence-corrected chi connectivity index (χ1v) is 12.7. The molecule has 6 heteroatoms. The maximum absolute atomic E-state index is 11.2. The Labute approximate surface area is 213 Å². The van der Waals surface area contributed by atoms with Crippen molar-refractivity contribution >= 4 is 17.5 Å². The van der Waals surface area contributed by atoms with Gasteiger partial charge in [0.2, 0.25) is 5.91 Å². The maximum Gasteiger partial charge on any atom is 0.220 e. The maximum atomic E-state index is 11.2. The summed E-state index contributed by atoms with van der Waals surface area (Å²) >= 11 is 5.83. The van der Waals surface area contributed by atoms with Crippen LogP contribution >= 0.6 is 11.6 Å². The number of nitrogens with one attached hydrogen (secondary N) is 2. The van der Waals surface area contributed by atoms with Gasteiger partial charge in [0.05, 0.1) is 12.4 Å². The lowest BCUT2D eigenvalue weighted by molar-refractivity contribution is -0.121. The number of nitrogens with zero attached hydrogens (tertiary/aromatic N) is 1. The molecule has 0 aliphatic carbocycles. The molecule has 5 nitrogen and oxygen atoms in total. The average molecular weight is 492 g/mol. The van der Waals surface area contributed by atoms with Crippen molar-refractivity contribution in [1.29, 1.82) is 0 Å². The number of amides is 1. The molecule has 0 radical (unpaired) electrons. The Bertz CT molecular complexity index is 707. The van der Waals surface area contributed by atoms with Crippen molar-refractivity contribution in [1.82, 2.24) is 15.5 Å². The Balaban J connectivity index is 0.00000529. The van der Waals surface area contributed by atoms with Gasteiger partial charge in [-0.15, -0.1) is 13.2 Å². The monoisotopic (exact) mass is 491 g/mol. The Hall–Kier alpha value is -2.24. The van der Waals surface area contributed by atoms with E-state index in [2.05, 4.69) is 67.7 Å². The van der Waals surface area contributed by atoms with Crippen LogP contribution in [-0.2, 0) is 9.53 Å². The van der Waals surface area contributed by atoms with Crippen LogP contribution in [0.3, 0.4) is 0 Å². The van der Waals surface area contributed by atoms with E-state index in [-0.39, 0.29) is 5.91 Å². The van der Waals surface area contributed by atoms with Crippen LogP contribution in [0.5, 0.6) is 0 Å². The molecule has 0 aromatic carbocycles. The predicted octanol–water partition coefficient (Wildman–Crippen LogP) is 6.23. The lowest BCUT2D eigenvalue weighted by Gasteiger charge is -2.23. The molecule has 1 rings (SSSR count). The van der Waals surface area contributed by atoms with Gasteiger partial charge in [0.25, 0.3) is 0 Å². The number of carbonyl (C=O) groups is 1. The van der Waals surface area contributed by atoms with Gasteiger partial charge in [-0.3, -0.25) is 4.79 Å². The summed E-state index contributed by atoms with van der Waals surface area (Å²) in [5, 5.41) is 7.20. The molecule has 0 spiro atoms. The smallest absolute Gasteiger partial charge is 0.220 e. The number of allylic oxidation sites excluding steroid dienone is 9. The fourth-order valence-corrected chi connectivity index (χ4v) is 3.32. The van der Waals surface area contributed by atoms with Gasteiger partial charge >= 0.3 is 0 Å². The largest absolute Gasteiger partial charge is 0.498 e. The molecule has 0 unspecified atom stereocenters. The highest BCUT2D eigenvalue weighted by molar-refractivity contribution is 6.29. The van der Waals surface area contributed by atoms with Crippen LogP contribution in [0.4, 0.5) is 0 Å². The Morgan fingerprint density at radius 1 is 1.12 bits per heavy atom. The van der Waals surface area contributed by atoms with Crippen molar-refractivity contribution in [2.75, 3.05) is 39.3 Å². The number of unbranched alkanes of at least 4 members (excludes halogenated alkanes) is 1. The van der Waals surface area contributed by atoms with Crippen LogP contribution in [0.2, 0.25) is 0 Å². The van der Waals surface area contributed by atoms with Crippen LogP contribution in [-0.4, -0.2) is 50.1 Å². The summed E-state index contributed by atoms with van der Waals surface area (Å²) in [6.45, 7) is 19.6. The zero-order valence-corrected chi connectivity index (χ0v) is 22.6. The van der Waals surface area contributed by atoms with E-state index in [1.165, 1.54) is 11.3 Å². The standard InChI is InChI=1S/C26H42ClN3O2.C2H4/c1-5-25(15-13-24-14-16-26(31)29-21-24)32-20-10-9-17-28-18-19-30(6-2)23(4)12-8-7-11-22(3)27;1-2/h7-8,11-13,15,28H,5-6,9-10,14,16-21H2,1-4H3,(H,29,31);1-2H2/b8-7-,22-11+,23-12+,24-13-,25-15+;. The molecule has 0 atom stereocenters. The van der Waals surface area contributed by atoms with Crippen LogP contribution in [0, 0.1) is 0 Å². The van der Waals surface area contributed by atoms with Crippen molar-refractivity contribution in [3.05, 3.63) is 71.7 Å². The predicted molar refractivity (Wildman–Crippen MR) is 148 cm³/mol. The van der Waals surface area contributed by atoms with Crippen molar-refractivity contribution in [3.8, 4) is 0 Å². The van der Waals surface area contributed by atoms with Crippen LogP contribution in [0.1, 0.15) is 59.8 Å². The molecule has 192 valence electrons. The number of halogens is 1. The molecular formula is C28H46ClN3O2. The summed E-state index contributed by atoms with van der Waals surface area (Å²) in [6, 6.07) is 0. The topological polar surface area (TPSA) is 53.6 Å². The second-order valence-corrected chi connectivity index (χ2v) is 8.52. The molecule has 1 heterocycles. The van der Waals surface area contributed by atoms with Gasteiger partial charge in [-0.1, -0.05) is 42.3 Å². The van der Waals surface area contributed by atoms with Crippen molar-refractivity contribution in [2.24, 2.45) is 0 Å². The molecule has 1 aliphatic rings. The highest BCUT2D eigenvalue weighted by Crippen LogP contribution is 2.12. The number of hydrogen-bond donors (Lipinski definition) is 2. The van der Waals surface area contributed by atoms with E-state index < -0.39 is 0 Å². The number of hydrogen-bond acceptors (Lipinski definition) is 4. The molecule has 2 N–H and O–H groups in total. The molecular weight excluding hydrogens is 446 g/mol. The first-order chi connectivity index (χ1) is 16.5. The van der Waals surface area contributed by atoms with Gasteiger partial charge in [0, 0.05) is 49.7 Å². The van der Waals surface area contributed by atoms with E-state index in [1.807, 2.05) is 25.2 Å². The number of likely N-dealkylation sites (N-methyl/N-ethyl adjacent to an activating group) is 1. The van der Waals surface area contributed by atoms with E-state index in [4.69, 9.17) is 16.3 Å². The first-order valence-electron chi connectivity index (χ1n) is 12.4. The van der Waals surface area contributed by atoms with Gasteiger partial charge < -0.3 is 20.3 Å². The zero-order chi connectivity index (χ0) is 25.6. The summed E-state index contributed by atoms with van der Waals surface area (Å²) in [5.74, 6) is 1.15. The molecule has 1 saturated heterocycles. The lowest BCUT2D eigenvalue weighted by Crippen LogP contribution is -2.31. The normalized spacial score (nSPS) is 16.3. The molecule has 1 amide bonds. The third-order valence-electron chi connectivity index (χ3n) is 5.29. The minimum atomic E-state index is 0.142. The molecule has 1 aliphatic heterocycles. The van der Waals surface area contributed by atoms with Gasteiger partial charge in [0.15, 0.2) is 0 Å². The second-order valence-electron chi connectivity index (χ2n) is 7.92. The summed E-state index contributed by atoms with van der Waals surface area (Å²) < 4.78 is 5.93. The van der Waals surface area contributed by atoms with Gasteiger partial charge in [-0.25, -0.2) is 0 Å². The summed E-state index contributed by atoms with van der Waals surface area (Å²) in [4.78, 5) is 13.6. The Morgan fingerprint density at radius 2 is 1.85 bits per heavy atom. The van der Waals surface area contributed by atoms with E-state index in [1.54, 1.807) is 0 Å². The molecule has 0 aromatic rings. The van der Waals surface area contributed by atoms with Crippen molar-refractivity contribution in [3.63, 3.8) is 0 Å². The molecule has 34 heavy (non-hydrogen) atoms. The molecule has 1 fully saturated rings. The lowest BCUT2D eigenvalue weighted by atomic mass is 10.1. The number of rotatable bonds is 15. The van der Waals surface area contributed by atoms with Crippen molar-refractivity contribution in [2.45, 2.75) is 59.8 Å². The zero-order valence-electron chi connectivity index (χ0n) is 21.8. The Morgan fingerprint density at radius 3 is 2.47 bits per heavy atom. The van der Waals surface area contributed by atoms with Crippen LogP contribution in [0.25, 0.3) is 0 Å². The average Bonchev–Trinajstić information content (AvgIpc) is 2.84. The highest BCUT2D eigenvalue weighted by Gasteiger charge is 2.10.